The summed E-state index contributed by atoms with van der Waals surface area (Å²) in [5.41, 5.74) is 2.30. The van der Waals surface area contributed by atoms with Gasteiger partial charge in [-0.1, -0.05) is 36.0 Å². The van der Waals surface area contributed by atoms with Gasteiger partial charge in [0, 0.05) is 25.4 Å². The fraction of sp³-hybridized carbons (Fsp3) is 0.308. The van der Waals surface area contributed by atoms with Gasteiger partial charge in [-0.3, -0.25) is 4.79 Å². The standard InChI is InChI=1S/C13H17NOS/c1-11(15)16-10-4-3-5-12-6-8-13(14-2)9-7-12/h3,5-9,14H,4,10H2,1-2H3. The van der Waals surface area contributed by atoms with Gasteiger partial charge in [0.25, 0.3) is 0 Å². The number of anilines is 1. The van der Waals surface area contributed by atoms with Crippen LogP contribution in [0.3, 0.4) is 0 Å². The van der Waals surface area contributed by atoms with Gasteiger partial charge in [-0.05, 0) is 24.1 Å². The summed E-state index contributed by atoms with van der Waals surface area (Å²) < 4.78 is 0. The van der Waals surface area contributed by atoms with Crippen LogP contribution in [0.25, 0.3) is 6.08 Å². The second-order valence-corrected chi connectivity index (χ2v) is 4.67. The summed E-state index contributed by atoms with van der Waals surface area (Å²) in [4.78, 5) is 10.7. The Kier molecular flexibility index (Phi) is 5.72. The molecule has 1 N–H and O–H groups in total. The number of allylic oxidation sites excluding steroid dienone is 1. The van der Waals surface area contributed by atoms with Crippen LogP contribution in [-0.4, -0.2) is 17.9 Å². The van der Waals surface area contributed by atoms with E-state index in [1.54, 1.807) is 6.92 Å². The maximum absolute atomic E-state index is 10.7. The fourth-order valence-corrected chi connectivity index (χ4v) is 1.79. The molecule has 0 aliphatic carbocycles. The molecule has 2 nitrogen and oxygen atoms in total. The zero-order valence-electron chi connectivity index (χ0n) is 9.69. The molecule has 1 aromatic rings. The van der Waals surface area contributed by atoms with Crippen LogP contribution in [0.4, 0.5) is 5.69 Å². The Balaban J connectivity index is 2.35. The van der Waals surface area contributed by atoms with Crippen molar-refractivity contribution in [2.75, 3.05) is 18.1 Å². The Bertz CT molecular complexity index is 357. The smallest absolute Gasteiger partial charge is 0.185 e. The molecule has 0 radical (unpaired) electrons. The molecule has 0 saturated heterocycles. The van der Waals surface area contributed by atoms with Gasteiger partial charge in [0.2, 0.25) is 0 Å². The number of hydrogen-bond acceptors (Lipinski definition) is 3. The minimum atomic E-state index is 0.187. The van der Waals surface area contributed by atoms with Crippen LogP contribution >= 0.6 is 11.8 Å². The Labute approximate surface area is 101 Å². The molecule has 3 heteroatoms. The molecule has 1 aromatic carbocycles. The van der Waals surface area contributed by atoms with Gasteiger partial charge in [-0.15, -0.1) is 0 Å². The van der Waals surface area contributed by atoms with Crippen LogP contribution in [-0.2, 0) is 4.79 Å². The third kappa shape index (κ3) is 5.03. The van der Waals surface area contributed by atoms with Crippen molar-refractivity contribution in [2.45, 2.75) is 13.3 Å². The molecule has 86 valence electrons. The number of thioether (sulfide) groups is 1. The molecular weight excluding hydrogens is 218 g/mol. The molecule has 0 saturated carbocycles. The Morgan fingerprint density at radius 1 is 1.38 bits per heavy atom. The molecule has 16 heavy (non-hydrogen) atoms. The molecule has 0 heterocycles. The monoisotopic (exact) mass is 235 g/mol. The van der Waals surface area contributed by atoms with Crippen molar-refractivity contribution in [1.29, 1.82) is 0 Å². The normalized spacial score (nSPS) is 10.6. The molecule has 0 spiro atoms. The van der Waals surface area contributed by atoms with Gasteiger partial charge in [-0.2, -0.15) is 0 Å². The summed E-state index contributed by atoms with van der Waals surface area (Å²) >= 11 is 1.37. The highest BCUT2D eigenvalue weighted by Crippen LogP contribution is 2.11. The molecule has 0 aliphatic rings. The van der Waals surface area contributed by atoms with E-state index in [4.69, 9.17) is 0 Å². The van der Waals surface area contributed by atoms with Crippen molar-refractivity contribution in [3.63, 3.8) is 0 Å². The number of carbonyl (C=O) groups is 1. The predicted octanol–water partition coefficient (Wildman–Crippen LogP) is 3.41. The highest BCUT2D eigenvalue weighted by molar-refractivity contribution is 8.13. The summed E-state index contributed by atoms with van der Waals surface area (Å²) in [6.45, 7) is 1.60. The van der Waals surface area contributed by atoms with E-state index in [2.05, 4.69) is 29.6 Å². The van der Waals surface area contributed by atoms with Crippen LogP contribution in [0.1, 0.15) is 18.9 Å². The highest BCUT2D eigenvalue weighted by atomic mass is 32.2. The number of benzene rings is 1. The molecule has 0 amide bonds. The minimum absolute atomic E-state index is 0.187. The lowest BCUT2D eigenvalue weighted by Gasteiger charge is -1.99. The average Bonchev–Trinajstić information content (AvgIpc) is 2.29. The first-order chi connectivity index (χ1) is 7.72. The topological polar surface area (TPSA) is 29.1 Å². The molecule has 0 bridgehead atoms. The van der Waals surface area contributed by atoms with E-state index in [-0.39, 0.29) is 5.12 Å². The molecule has 0 atom stereocenters. The van der Waals surface area contributed by atoms with Gasteiger partial charge in [0.05, 0.1) is 0 Å². The number of rotatable bonds is 5. The summed E-state index contributed by atoms with van der Waals surface area (Å²) in [7, 11) is 1.91. The summed E-state index contributed by atoms with van der Waals surface area (Å²) in [5, 5.41) is 3.26. The molecule has 0 unspecified atom stereocenters. The van der Waals surface area contributed by atoms with Crippen molar-refractivity contribution in [3.8, 4) is 0 Å². The second kappa shape index (κ2) is 7.12. The van der Waals surface area contributed by atoms with Gasteiger partial charge in [0.1, 0.15) is 0 Å². The second-order valence-electron chi connectivity index (χ2n) is 3.40. The molecule has 0 fully saturated rings. The lowest BCUT2D eigenvalue weighted by atomic mass is 10.2. The Morgan fingerprint density at radius 2 is 2.06 bits per heavy atom. The summed E-state index contributed by atoms with van der Waals surface area (Å²) in [6.07, 6.45) is 5.11. The Morgan fingerprint density at radius 3 is 2.62 bits per heavy atom. The van der Waals surface area contributed by atoms with Crippen molar-refractivity contribution < 1.29 is 4.79 Å². The van der Waals surface area contributed by atoms with Crippen molar-refractivity contribution in [3.05, 3.63) is 35.9 Å². The van der Waals surface area contributed by atoms with E-state index >= 15 is 0 Å². The zero-order chi connectivity index (χ0) is 11.8. The quantitative estimate of drug-likeness (QED) is 0.793. The van der Waals surface area contributed by atoms with Gasteiger partial charge < -0.3 is 5.32 Å². The Hall–Kier alpha value is -1.22. The lowest BCUT2D eigenvalue weighted by molar-refractivity contribution is -0.109. The zero-order valence-corrected chi connectivity index (χ0v) is 10.5. The third-order valence-corrected chi connectivity index (χ3v) is 2.95. The highest BCUT2D eigenvalue weighted by Gasteiger charge is 1.91. The summed E-state index contributed by atoms with van der Waals surface area (Å²) in [5.74, 6) is 0.862. The maximum Gasteiger partial charge on any atom is 0.185 e. The average molecular weight is 235 g/mol. The maximum atomic E-state index is 10.7. The number of nitrogens with one attached hydrogen (secondary N) is 1. The third-order valence-electron chi connectivity index (χ3n) is 2.10. The molecule has 1 rings (SSSR count). The van der Waals surface area contributed by atoms with Crippen molar-refractivity contribution >= 4 is 28.6 Å². The summed E-state index contributed by atoms with van der Waals surface area (Å²) in [6, 6.07) is 8.23. The first-order valence-corrected chi connectivity index (χ1v) is 6.28. The van der Waals surface area contributed by atoms with Gasteiger partial charge in [-0.25, -0.2) is 0 Å². The number of carbonyl (C=O) groups excluding carboxylic acids is 1. The van der Waals surface area contributed by atoms with Crippen LogP contribution in [0.15, 0.2) is 30.3 Å². The molecule has 0 aliphatic heterocycles. The van der Waals surface area contributed by atoms with Crippen LogP contribution < -0.4 is 5.32 Å². The number of hydrogen-bond donors (Lipinski definition) is 1. The van der Waals surface area contributed by atoms with E-state index in [1.165, 1.54) is 17.3 Å². The largest absolute Gasteiger partial charge is 0.388 e. The van der Waals surface area contributed by atoms with E-state index in [0.717, 1.165) is 17.9 Å². The van der Waals surface area contributed by atoms with E-state index in [0.29, 0.717) is 0 Å². The first kappa shape index (κ1) is 12.8. The van der Waals surface area contributed by atoms with Crippen LogP contribution in [0.2, 0.25) is 0 Å². The van der Waals surface area contributed by atoms with Gasteiger partial charge >= 0.3 is 0 Å². The lowest BCUT2D eigenvalue weighted by Crippen LogP contribution is -1.86. The molecule has 0 aromatic heterocycles. The predicted molar refractivity (Wildman–Crippen MR) is 72.8 cm³/mol. The minimum Gasteiger partial charge on any atom is -0.388 e. The van der Waals surface area contributed by atoms with E-state index in [9.17, 15) is 4.79 Å². The molecular formula is C13H17NOS. The fourth-order valence-electron chi connectivity index (χ4n) is 1.25. The van der Waals surface area contributed by atoms with Crippen molar-refractivity contribution in [1.82, 2.24) is 0 Å². The van der Waals surface area contributed by atoms with Gasteiger partial charge in [0.15, 0.2) is 5.12 Å². The first-order valence-electron chi connectivity index (χ1n) is 5.30. The van der Waals surface area contributed by atoms with E-state index < -0.39 is 0 Å². The SMILES string of the molecule is CNc1ccc(C=CCCSC(C)=O)cc1. The van der Waals surface area contributed by atoms with E-state index in [1.807, 2.05) is 19.2 Å². The van der Waals surface area contributed by atoms with Crippen LogP contribution in [0.5, 0.6) is 0 Å². The van der Waals surface area contributed by atoms with Crippen molar-refractivity contribution in [2.24, 2.45) is 0 Å². The van der Waals surface area contributed by atoms with Crippen LogP contribution in [0, 0.1) is 0 Å².